The van der Waals surface area contributed by atoms with Crippen molar-refractivity contribution in [2.45, 2.75) is 32.2 Å². The molecule has 0 bridgehead atoms. The van der Waals surface area contributed by atoms with Gasteiger partial charge in [0, 0.05) is 32.2 Å². The fourth-order valence-corrected chi connectivity index (χ4v) is 2.50. The Bertz CT molecular complexity index is 431. The molecule has 1 aromatic rings. The summed E-state index contributed by atoms with van der Waals surface area (Å²) in [7, 11) is 2.18. The molecule has 0 radical (unpaired) electrons. The number of unbranched alkanes of at least 4 members (excludes halogenated alkanes) is 1. The van der Waals surface area contributed by atoms with Gasteiger partial charge in [-0.25, -0.2) is 0 Å². The zero-order chi connectivity index (χ0) is 12.8. The molecule has 18 heavy (non-hydrogen) atoms. The highest BCUT2D eigenvalue weighted by atomic mass is 15.1. The minimum Gasteiger partial charge on any atom is -0.374 e. The summed E-state index contributed by atoms with van der Waals surface area (Å²) < 4.78 is 0. The van der Waals surface area contributed by atoms with Crippen molar-refractivity contribution in [3.8, 4) is 12.3 Å². The van der Waals surface area contributed by atoms with Gasteiger partial charge >= 0.3 is 0 Å². The van der Waals surface area contributed by atoms with Crippen LogP contribution in [0.4, 0.5) is 5.69 Å². The lowest BCUT2D eigenvalue weighted by Crippen LogP contribution is -2.25. The third kappa shape index (κ3) is 3.27. The first kappa shape index (κ1) is 13.0. The number of fused-ring (bicyclic) bond motifs is 1. The van der Waals surface area contributed by atoms with Crippen molar-refractivity contribution < 1.29 is 0 Å². The Morgan fingerprint density at radius 3 is 3.17 bits per heavy atom. The molecule has 1 N–H and O–H groups in total. The normalized spacial score (nSPS) is 14.1. The molecule has 0 saturated carbocycles. The van der Waals surface area contributed by atoms with Gasteiger partial charge in [0.2, 0.25) is 0 Å². The minimum absolute atomic E-state index is 0.863. The molecule has 1 heterocycles. The molecule has 0 spiro atoms. The van der Waals surface area contributed by atoms with Crippen LogP contribution in [-0.4, -0.2) is 20.1 Å². The number of hydrogen-bond acceptors (Lipinski definition) is 2. The van der Waals surface area contributed by atoms with Crippen LogP contribution < -0.4 is 10.2 Å². The van der Waals surface area contributed by atoms with Crippen molar-refractivity contribution in [3.05, 3.63) is 29.3 Å². The van der Waals surface area contributed by atoms with Gasteiger partial charge in [0.25, 0.3) is 0 Å². The van der Waals surface area contributed by atoms with Crippen molar-refractivity contribution in [3.63, 3.8) is 0 Å². The highest BCUT2D eigenvalue weighted by Gasteiger charge is 2.13. The fourth-order valence-electron chi connectivity index (χ4n) is 2.50. The predicted molar refractivity (Wildman–Crippen MR) is 77.8 cm³/mol. The van der Waals surface area contributed by atoms with Crippen molar-refractivity contribution >= 4 is 5.69 Å². The monoisotopic (exact) mass is 242 g/mol. The Labute approximate surface area is 110 Å². The molecule has 0 atom stereocenters. The van der Waals surface area contributed by atoms with Crippen LogP contribution >= 0.6 is 0 Å². The Balaban J connectivity index is 1.89. The van der Waals surface area contributed by atoms with Crippen molar-refractivity contribution in [1.29, 1.82) is 0 Å². The quantitative estimate of drug-likeness (QED) is 0.630. The first-order chi connectivity index (χ1) is 8.81. The molecule has 1 aliphatic heterocycles. The molecule has 2 nitrogen and oxygen atoms in total. The van der Waals surface area contributed by atoms with Gasteiger partial charge in [0.1, 0.15) is 0 Å². The largest absolute Gasteiger partial charge is 0.374 e. The van der Waals surface area contributed by atoms with E-state index >= 15 is 0 Å². The minimum atomic E-state index is 0.863. The Morgan fingerprint density at radius 1 is 1.44 bits per heavy atom. The molecule has 0 amide bonds. The SMILES string of the molecule is C#CCCCNCc1ccc2c(c1)CCCN2C. The van der Waals surface area contributed by atoms with Crippen LogP contribution in [0, 0.1) is 12.3 Å². The number of rotatable bonds is 5. The van der Waals surface area contributed by atoms with E-state index in [1.54, 1.807) is 0 Å². The van der Waals surface area contributed by atoms with E-state index in [9.17, 15) is 0 Å². The Hall–Kier alpha value is -1.46. The molecule has 2 heteroatoms. The number of nitrogens with one attached hydrogen (secondary N) is 1. The number of benzene rings is 1. The van der Waals surface area contributed by atoms with E-state index in [0.29, 0.717) is 0 Å². The lowest BCUT2D eigenvalue weighted by atomic mass is 9.99. The van der Waals surface area contributed by atoms with Crippen molar-refractivity contribution in [2.24, 2.45) is 0 Å². The van der Waals surface area contributed by atoms with Crippen LogP contribution in [0.3, 0.4) is 0 Å². The highest BCUT2D eigenvalue weighted by Crippen LogP contribution is 2.26. The summed E-state index contributed by atoms with van der Waals surface area (Å²) in [6, 6.07) is 6.83. The maximum Gasteiger partial charge on any atom is 0.0396 e. The van der Waals surface area contributed by atoms with Gasteiger partial charge in [-0.2, -0.15) is 0 Å². The summed E-state index contributed by atoms with van der Waals surface area (Å²) in [6.07, 6.45) is 9.63. The highest BCUT2D eigenvalue weighted by molar-refractivity contribution is 5.56. The first-order valence-electron chi connectivity index (χ1n) is 6.78. The summed E-state index contributed by atoms with van der Waals surface area (Å²) in [5, 5.41) is 3.45. The summed E-state index contributed by atoms with van der Waals surface area (Å²) in [5.74, 6) is 2.67. The van der Waals surface area contributed by atoms with E-state index in [1.165, 1.54) is 36.2 Å². The van der Waals surface area contributed by atoms with Crippen LogP contribution in [-0.2, 0) is 13.0 Å². The van der Waals surface area contributed by atoms with E-state index < -0.39 is 0 Å². The van der Waals surface area contributed by atoms with Crippen LogP contribution in [0.1, 0.15) is 30.4 Å². The molecule has 0 unspecified atom stereocenters. The smallest absolute Gasteiger partial charge is 0.0396 e. The molecule has 2 rings (SSSR count). The predicted octanol–water partition coefficient (Wildman–Crippen LogP) is 2.57. The molecular weight excluding hydrogens is 220 g/mol. The molecule has 0 fully saturated rings. The van der Waals surface area contributed by atoms with Crippen LogP contribution in [0.5, 0.6) is 0 Å². The lowest BCUT2D eigenvalue weighted by Gasteiger charge is -2.27. The summed E-state index contributed by atoms with van der Waals surface area (Å²) in [6.45, 7) is 3.12. The Kier molecular flexibility index (Phi) is 4.66. The van der Waals surface area contributed by atoms with E-state index in [1.807, 2.05) is 0 Å². The molecule has 0 saturated heterocycles. The molecule has 0 aromatic heterocycles. The number of aryl methyl sites for hydroxylation is 1. The number of anilines is 1. The standard InChI is InChI=1S/C16H22N2/c1-3-4-5-10-17-13-14-8-9-16-15(12-14)7-6-11-18(16)2/h1,8-9,12,17H,4-7,10-11,13H2,2H3. The maximum absolute atomic E-state index is 5.23. The number of hydrogen-bond donors (Lipinski definition) is 1. The third-order valence-electron chi connectivity index (χ3n) is 3.50. The van der Waals surface area contributed by atoms with Gasteiger partial charge in [-0.05, 0) is 43.0 Å². The van der Waals surface area contributed by atoms with Crippen LogP contribution in [0.2, 0.25) is 0 Å². The van der Waals surface area contributed by atoms with E-state index in [-0.39, 0.29) is 0 Å². The van der Waals surface area contributed by atoms with Gasteiger partial charge < -0.3 is 10.2 Å². The van der Waals surface area contributed by atoms with Gasteiger partial charge in [-0.15, -0.1) is 12.3 Å². The summed E-state index contributed by atoms with van der Waals surface area (Å²) in [5.41, 5.74) is 4.27. The van der Waals surface area contributed by atoms with Crippen molar-refractivity contribution in [1.82, 2.24) is 5.32 Å². The topological polar surface area (TPSA) is 15.3 Å². The zero-order valence-corrected chi connectivity index (χ0v) is 11.2. The average molecular weight is 242 g/mol. The van der Waals surface area contributed by atoms with E-state index in [0.717, 1.165) is 25.9 Å². The second-order valence-corrected chi connectivity index (χ2v) is 4.97. The number of terminal acetylenes is 1. The van der Waals surface area contributed by atoms with E-state index in [2.05, 4.69) is 41.4 Å². The molecule has 1 aliphatic rings. The fraction of sp³-hybridized carbons (Fsp3) is 0.500. The summed E-state index contributed by atoms with van der Waals surface area (Å²) >= 11 is 0. The zero-order valence-electron chi connectivity index (χ0n) is 11.2. The summed E-state index contributed by atoms with van der Waals surface area (Å²) in [4.78, 5) is 2.35. The van der Waals surface area contributed by atoms with Gasteiger partial charge in [-0.1, -0.05) is 12.1 Å². The first-order valence-corrected chi connectivity index (χ1v) is 6.78. The van der Waals surface area contributed by atoms with Gasteiger partial charge in [0.05, 0.1) is 0 Å². The molecule has 0 aliphatic carbocycles. The maximum atomic E-state index is 5.23. The lowest BCUT2D eigenvalue weighted by molar-refractivity contribution is 0.657. The second-order valence-electron chi connectivity index (χ2n) is 4.97. The van der Waals surface area contributed by atoms with Gasteiger partial charge in [-0.3, -0.25) is 0 Å². The second kappa shape index (κ2) is 6.47. The third-order valence-corrected chi connectivity index (χ3v) is 3.50. The number of nitrogens with zero attached hydrogens (tertiary/aromatic N) is 1. The Morgan fingerprint density at radius 2 is 2.33 bits per heavy atom. The molecular formula is C16H22N2. The van der Waals surface area contributed by atoms with E-state index in [4.69, 9.17) is 6.42 Å². The van der Waals surface area contributed by atoms with Crippen LogP contribution in [0.25, 0.3) is 0 Å². The van der Waals surface area contributed by atoms with Gasteiger partial charge in [0.15, 0.2) is 0 Å². The molecule has 1 aromatic carbocycles. The van der Waals surface area contributed by atoms with Crippen LogP contribution in [0.15, 0.2) is 18.2 Å². The van der Waals surface area contributed by atoms with Crippen molar-refractivity contribution in [2.75, 3.05) is 25.0 Å². The molecule has 96 valence electrons. The average Bonchev–Trinajstić information content (AvgIpc) is 2.39.